The Hall–Kier alpha value is -1.57. The first-order valence-corrected chi connectivity index (χ1v) is 6.66. The van der Waals surface area contributed by atoms with Crippen LogP contribution >= 0.6 is 0 Å². The maximum absolute atomic E-state index is 12.1. The van der Waals surface area contributed by atoms with E-state index in [0.717, 1.165) is 0 Å². The highest BCUT2D eigenvalue weighted by Gasteiger charge is 2.52. The van der Waals surface area contributed by atoms with Crippen LogP contribution in [0.15, 0.2) is 0 Å². The molecule has 0 aromatic heterocycles. The summed E-state index contributed by atoms with van der Waals surface area (Å²) in [6.45, 7) is 9.05. The van der Waals surface area contributed by atoms with E-state index in [4.69, 9.17) is 9.47 Å². The number of hydrogen-bond acceptors (Lipinski definition) is 5. The zero-order valence-corrected chi connectivity index (χ0v) is 12.4. The topological polar surface area (TPSA) is 76.4 Å². The number of nitrogens with zero attached hydrogens (tertiary/aromatic N) is 1. The Labute approximate surface area is 114 Å². The third-order valence-corrected chi connectivity index (χ3v) is 3.13. The van der Waals surface area contributed by atoms with Gasteiger partial charge in [0.15, 0.2) is 5.41 Å². The van der Waals surface area contributed by atoms with Crippen molar-refractivity contribution >= 4 is 11.9 Å². The van der Waals surface area contributed by atoms with Gasteiger partial charge in [-0.1, -0.05) is 20.8 Å². The predicted octanol–water partition coefficient (Wildman–Crippen LogP) is 2.30. The molecule has 0 aliphatic heterocycles. The number of hydrogen-bond donors (Lipinski definition) is 0. The van der Waals surface area contributed by atoms with Crippen LogP contribution in [0.2, 0.25) is 0 Å². The summed E-state index contributed by atoms with van der Waals surface area (Å²) in [7, 11) is 0. The highest BCUT2D eigenvalue weighted by atomic mass is 16.5. The number of esters is 2. The molecule has 108 valence electrons. The first kappa shape index (κ1) is 17.4. The number of rotatable bonds is 7. The molecule has 5 heteroatoms. The van der Waals surface area contributed by atoms with E-state index in [1.165, 1.54) is 0 Å². The molecule has 0 aliphatic carbocycles. The lowest BCUT2D eigenvalue weighted by Crippen LogP contribution is -2.45. The molecule has 0 aromatic rings. The number of ether oxygens (including phenoxy) is 2. The zero-order chi connectivity index (χ0) is 15.1. The Balaban J connectivity index is 5.59. The molecule has 19 heavy (non-hydrogen) atoms. The van der Waals surface area contributed by atoms with Crippen molar-refractivity contribution in [1.29, 1.82) is 5.26 Å². The van der Waals surface area contributed by atoms with Crippen molar-refractivity contribution in [2.45, 2.75) is 41.0 Å². The van der Waals surface area contributed by atoms with Gasteiger partial charge in [-0.3, -0.25) is 9.59 Å². The van der Waals surface area contributed by atoms with E-state index in [-0.39, 0.29) is 25.6 Å². The molecule has 0 radical (unpaired) electrons. The van der Waals surface area contributed by atoms with Crippen molar-refractivity contribution in [3.05, 3.63) is 0 Å². The Morgan fingerprint density at radius 3 is 2.00 bits per heavy atom. The molecule has 0 amide bonds. The summed E-state index contributed by atoms with van der Waals surface area (Å²) in [5, 5.41) is 9.45. The predicted molar refractivity (Wildman–Crippen MR) is 69.9 cm³/mol. The maximum atomic E-state index is 12.1. The molecular formula is C14H23NO4. The van der Waals surface area contributed by atoms with Crippen molar-refractivity contribution in [2.75, 3.05) is 13.2 Å². The van der Waals surface area contributed by atoms with E-state index >= 15 is 0 Å². The van der Waals surface area contributed by atoms with Crippen LogP contribution in [0, 0.1) is 28.6 Å². The third kappa shape index (κ3) is 3.69. The van der Waals surface area contributed by atoms with Crippen LogP contribution in [-0.4, -0.2) is 25.2 Å². The SMILES string of the molecule is CCOC(=O)C(C(C)C)C(C#N)(CC)C(=O)OCC. The van der Waals surface area contributed by atoms with Crippen LogP contribution in [0.1, 0.15) is 41.0 Å². The second-order valence-corrected chi connectivity index (χ2v) is 4.63. The van der Waals surface area contributed by atoms with E-state index in [2.05, 4.69) is 0 Å². The van der Waals surface area contributed by atoms with Gasteiger partial charge in [0.2, 0.25) is 0 Å². The van der Waals surface area contributed by atoms with Crippen LogP contribution in [-0.2, 0) is 19.1 Å². The average Bonchev–Trinajstić information content (AvgIpc) is 2.35. The van der Waals surface area contributed by atoms with Crippen LogP contribution < -0.4 is 0 Å². The summed E-state index contributed by atoms with van der Waals surface area (Å²) in [6.07, 6.45) is 0.212. The maximum Gasteiger partial charge on any atom is 0.327 e. The molecule has 0 spiro atoms. The van der Waals surface area contributed by atoms with Crippen molar-refractivity contribution in [2.24, 2.45) is 17.3 Å². The molecule has 0 aromatic carbocycles. The monoisotopic (exact) mass is 269 g/mol. The van der Waals surface area contributed by atoms with Gasteiger partial charge in [-0.15, -0.1) is 0 Å². The van der Waals surface area contributed by atoms with Crippen LogP contribution in [0.5, 0.6) is 0 Å². The first-order valence-electron chi connectivity index (χ1n) is 6.66. The van der Waals surface area contributed by atoms with Crippen molar-refractivity contribution in [1.82, 2.24) is 0 Å². The summed E-state index contributed by atoms with van der Waals surface area (Å²) >= 11 is 0. The molecule has 0 heterocycles. The van der Waals surface area contributed by atoms with E-state index in [1.807, 2.05) is 6.07 Å². The molecule has 0 fully saturated rings. The molecule has 0 saturated carbocycles. The van der Waals surface area contributed by atoms with Gasteiger partial charge in [0.1, 0.15) is 0 Å². The smallest absolute Gasteiger partial charge is 0.327 e. The van der Waals surface area contributed by atoms with Gasteiger partial charge in [-0.05, 0) is 26.2 Å². The van der Waals surface area contributed by atoms with Gasteiger partial charge in [0, 0.05) is 0 Å². The summed E-state index contributed by atoms with van der Waals surface area (Å²) in [5.74, 6) is -2.18. The second kappa shape index (κ2) is 7.78. The Bertz CT molecular complexity index is 359. The molecule has 0 N–H and O–H groups in total. The van der Waals surface area contributed by atoms with Gasteiger partial charge in [0.25, 0.3) is 0 Å². The summed E-state index contributed by atoms with van der Waals surface area (Å²) in [4.78, 5) is 24.2. The number of carbonyl (C=O) groups excluding carboxylic acids is 2. The largest absolute Gasteiger partial charge is 0.466 e. The molecule has 0 bridgehead atoms. The van der Waals surface area contributed by atoms with Crippen LogP contribution in [0.3, 0.4) is 0 Å². The molecule has 0 aliphatic rings. The van der Waals surface area contributed by atoms with Gasteiger partial charge in [0.05, 0.1) is 25.2 Å². The first-order chi connectivity index (χ1) is 8.91. The van der Waals surface area contributed by atoms with Crippen molar-refractivity contribution in [3.8, 4) is 6.07 Å². The molecule has 2 unspecified atom stereocenters. The lowest BCUT2D eigenvalue weighted by molar-refractivity contribution is -0.167. The highest BCUT2D eigenvalue weighted by molar-refractivity contribution is 5.88. The van der Waals surface area contributed by atoms with E-state index < -0.39 is 23.3 Å². The summed E-state index contributed by atoms with van der Waals surface area (Å²) < 4.78 is 9.98. The van der Waals surface area contributed by atoms with Crippen LogP contribution in [0.4, 0.5) is 0 Å². The Morgan fingerprint density at radius 1 is 1.16 bits per heavy atom. The number of nitriles is 1. The normalized spacial score (nSPS) is 15.2. The van der Waals surface area contributed by atoms with Crippen LogP contribution in [0.25, 0.3) is 0 Å². The molecule has 2 atom stereocenters. The van der Waals surface area contributed by atoms with E-state index in [1.54, 1.807) is 34.6 Å². The summed E-state index contributed by atoms with van der Waals surface area (Å²) in [6, 6.07) is 2.00. The second-order valence-electron chi connectivity index (χ2n) is 4.63. The zero-order valence-electron chi connectivity index (χ0n) is 12.4. The third-order valence-electron chi connectivity index (χ3n) is 3.13. The fourth-order valence-corrected chi connectivity index (χ4v) is 2.22. The standard InChI is InChI=1S/C14H23NO4/c1-6-14(9-15,13(17)19-8-3)11(10(4)5)12(16)18-7-2/h10-11H,6-8H2,1-5H3. The fourth-order valence-electron chi connectivity index (χ4n) is 2.22. The summed E-state index contributed by atoms with van der Waals surface area (Å²) in [5.41, 5.74) is -1.48. The number of carbonyl (C=O) groups is 2. The van der Waals surface area contributed by atoms with E-state index in [9.17, 15) is 14.9 Å². The minimum absolute atomic E-state index is 0.176. The van der Waals surface area contributed by atoms with E-state index in [0.29, 0.717) is 0 Å². The molecule has 0 rings (SSSR count). The molecular weight excluding hydrogens is 246 g/mol. The fraction of sp³-hybridized carbons (Fsp3) is 0.786. The lowest BCUT2D eigenvalue weighted by Gasteiger charge is -2.32. The van der Waals surface area contributed by atoms with Crippen molar-refractivity contribution in [3.63, 3.8) is 0 Å². The quantitative estimate of drug-likeness (QED) is 0.663. The average molecular weight is 269 g/mol. The van der Waals surface area contributed by atoms with Gasteiger partial charge >= 0.3 is 11.9 Å². The lowest BCUT2D eigenvalue weighted by atomic mass is 9.69. The minimum Gasteiger partial charge on any atom is -0.466 e. The minimum atomic E-state index is -1.48. The van der Waals surface area contributed by atoms with Gasteiger partial charge in [-0.2, -0.15) is 5.26 Å². The van der Waals surface area contributed by atoms with Crippen molar-refractivity contribution < 1.29 is 19.1 Å². The molecule has 5 nitrogen and oxygen atoms in total. The van der Waals surface area contributed by atoms with Gasteiger partial charge in [-0.25, -0.2) is 0 Å². The Kier molecular flexibility index (Phi) is 7.13. The molecule has 0 saturated heterocycles. The van der Waals surface area contributed by atoms with Gasteiger partial charge < -0.3 is 9.47 Å². The Morgan fingerprint density at radius 2 is 1.68 bits per heavy atom. The highest BCUT2D eigenvalue weighted by Crippen LogP contribution is 2.38.